The summed E-state index contributed by atoms with van der Waals surface area (Å²) in [5.41, 5.74) is 2.31. The van der Waals surface area contributed by atoms with Crippen molar-refractivity contribution in [3.05, 3.63) is 29.3 Å². The third-order valence-electron chi connectivity index (χ3n) is 5.39. The first-order chi connectivity index (χ1) is 11.9. The Morgan fingerprint density at radius 1 is 1.16 bits per heavy atom. The van der Waals surface area contributed by atoms with Crippen LogP contribution in [0.2, 0.25) is 0 Å². The maximum absolute atomic E-state index is 12.0. The van der Waals surface area contributed by atoms with E-state index >= 15 is 0 Å². The van der Waals surface area contributed by atoms with E-state index in [0.29, 0.717) is 18.3 Å². The molecule has 0 bridgehead atoms. The number of hydrogen-bond acceptors (Lipinski definition) is 3. The fourth-order valence-electron chi connectivity index (χ4n) is 4.15. The van der Waals surface area contributed by atoms with Gasteiger partial charge in [-0.1, -0.05) is 31.4 Å². The Morgan fingerprint density at radius 2 is 1.92 bits per heavy atom. The van der Waals surface area contributed by atoms with Gasteiger partial charge in [0.2, 0.25) is 0 Å². The van der Waals surface area contributed by atoms with Crippen LogP contribution in [0.25, 0.3) is 0 Å². The van der Waals surface area contributed by atoms with Crippen molar-refractivity contribution < 1.29 is 14.3 Å². The van der Waals surface area contributed by atoms with Gasteiger partial charge in [0.1, 0.15) is 11.4 Å². The van der Waals surface area contributed by atoms with Gasteiger partial charge in [0.25, 0.3) is 0 Å². The SMILES string of the molecule is CC(C)(C)OC(=O)CCC1CCOc2cc(C3CCCCC3)ccc21. The Labute approximate surface area is 152 Å². The summed E-state index contributed by atoms with van der Waals surface area (Å²) in [6.07, 6.45) is 8.99. The molecule has 0 aromatic heterocycles. The van der Waals surface area contributed by atoms with E-state index in [1.807, 2.05) is 20.8 Å². The highest BCUT2D eigenvalue weighted by Crippen LogP contribution is 2.40. The summed E-state index contributed by atoms with van der Waals surface area (Å²) < 4.78 is 11.4. The van der Waals surface area contributed by atoms with Crippen molar-refractivity contribution in [3.8, 4) is 5.75 Å². The molecule has 1 fully saturated rings. The van der Waals surface area contributed by atoms with Gasteiger partial charge in [-0.3, -0.25) is 4.79 Å². The summed E-state index contributed by atoms with van der Waals surface area (Å²) in [4.78, 5) is 12.0. The lowest BCUT2D eigenvalue weighted by Crippen LogP contribution is -2.24. The summed E-state index contributed by atoms with van der Waals surface area (Å²) in [5, 5.41) is 0. The predicted molar refractivity (Wildman–Crippen MR) is 100 cm³/mol. The van der Waals surface area contributed by atoms with E-state index < -0.39 is 5.60 Å². The molecule has 25 heavy (non-hydrogen) atoms. The molecule has 0 N–H and O–H groups in total. The van der Waals surface area contributed by atoms with Crippen LogP contribution in [0.3, 0.4) is 0 Å². The van der Waals surface area contributed by atoms with Gasteiger partial charge < -0.3 is 9.47 Å². The predicted octanol–water partition coefficient (Wildman–Crippen LogP) is 5.72. The van der Waals surface area contributed by atoms with E-state index in [4.69, 9.17) is 9.47 Å². The van der Waals surface area contributed by atoms with Gasteiger partial charge in [-0.25, -0.2) is 0 Å². The fourth-order valence-corrected chi connectivity index (χ4v) is 4.15. The van der Waals surface area contributed by atoms with Crippen LogP contribution in [-0.2, 0) is 9.53 Å². The summed E-state index contributed by atoms with van der Waals surface area (Å²) in [5.74, 6) is 2.05. The van der Waals surface area contributed by atoms with Gasteiger partial charge in [-0.05, 0) is 75.5 Å². The van der Waals surface area contributed by atoms with Gasteiger partial charge in [0, 0.05) is 6.42 Å². The quantitative estimate of drug-likeness (QED) is 0.655. The summed E-state index contributed by atoms with van der Waals surface area (Å²) in [6.45, 7) is 6.50. The topological polar surface area (TPSA) is 35.5 Å². The smallest absolute Gasteiger partial charge is 0.306 e. The lowest BCUT2D eigenvalue weighted by atomic mass is 9.82. The molecule has 3 heteroatoms. The maximum atomic E-state index is 12.0. The lowest BCUT2D eigenvalue weighted by molar-refractivity contribution is -0.155. The molecule has 1 atom stereocenters. The van der Waals surface area contributed by atoms with Crippen molar-refractivity contribution in [2.45, 2.75) is 89.6 Å². The largest absolute Gasteiger partial charge is 0.493 e. The number of carbonyl (C=O) groups excluding carboxylic acids is 1. The highest BCUT2D eigenvalue weighted by Gasteiger charge is 2.25. The Bertz CT molecular complexity index is 594. The Hall–Kier alpha value is -1.51. The summed E-state index contributed by atoms with van der Waals surface area (Å²) in [6, 6.07) is 6.81. The highest BCUT2D eigenvalue weighted by atomic mass is 16.6. The molecule has 0 saturated heterocycles. The standard InChI is InChI=1S/C22H32O3/c1-22(2,3)25-21(23)12-10-17-13-14-24-20-15-18(9-11-19(17)20)16-7-5-4-6-8-16/h9,11,15-17H,4-8,10,12-14H2,1-3H3. The van der Waals surface area contributed by atoms with Crippen LogP contribution >= 0.6 is 0 Å². The number of esters is 1. The molecule has 0 amide bonds. The molecule has 1 unspecified atom stereocenters. The third kappa shape index (κ3) is 4.99. The zero-order valence-corrected chi connectivity index (χ0v) is 16.0. The Balaban J connectivity index is 1.64. The molecule has 1 aromatic rings. The monoisotopic (exact) mass is 344 g/mol. The van der Waals surface area contributed by atoms with Crippen molar-refractivity contribution in [3.63, 3.8) is 0 Å². The van der Waals surface area contributed by atoms with E-state index in [0.717, 1.165) is 25.2 Å². The van der Waals surface area contributed by atoms with E-state index in [1.54, 1.807) is 0 Å². The minimum Gasteiger partial charge on any atom is -0.493 e. The second kappa shape index (κ2) is 7.80. The molecular formula is C22H32O3. The Morgan fingerprint density at radius 3 is 2.64 bits per heavy atom. The maximum Gasteiger partial charge on any atom is 0.306 e. The van der Waals surface area contributed by atoms with Crippen molar-refractivity contribution in [1.82, 2.24) is 0 Å². The molecule has 1 saturated carbocycles. The van der Waals surface area contributed by atoms with Crippen LogP contribution in [-0.4, -0.2) is 18.2 Å². The molecule has 1 heterocycles. The molecule has 1 aromatic carbocycles. The molecule has 138 valence electrons. The highest BCUT2D eigenvalue weighted by molar-refractivity contribution is 5.70. The first-order valence-electron chi connectivity index (χ1n) is 9.91. The normalized spacial score (nSPS) is 21.3. The number of fused-ring (bicyclic) bond motifs is 1. The number of carbonyl (C=O) groups is 1. The second-order valence-corrected chi connectivity index (χ2v) is 8.59. The van der Waals surface area contributed by atoms with Crippen molar-refractivity contribution in [2.75, 3.05) is 6.61 Å². The molecular weight excluding hydrogens is 312 g/mol. The molecule has 0 radical (unpaired) electrons. The Kier molecular flexibility index (Phi) is 5.71. The zero-order valence-electron chi connectivity index (χ0n) is 16.0. The van der Waals surface area contributed by atoms with Crippen molar-refractivity contribution >= 4 is 5.97 Å². The van der Waals surface area contributed by atoms with Crippen molar-refractivity contribution in [2.24, 2.45) is 0 Å². The van der Waals surface area contributed by atoms with E-state index in [9.17, 15) is 4.79 Å². The first-order valence-corrected chi connectivity index (χ1v) is 9.91. The second-order valence-electron chi connectivity index (χ2n) is 8.59. The van der Waals surface area contributed by atoms with Gasteiger partial charge in [-0.2, -0.15) is 0 Å². The van der Waals surface area contributed by atoms with Crippen LogP contribution in [0.5, 0.6) is 5.75 Å². The van der Waals surface area contributed by atoms with Gasteiger partial charge >= 0.3 is 5.97 Å². The molecule has 1 aliphatic heterocycles. The number of benzene rings is 1. The average Bonchev–Trinajstić information content (AvgIpc) is 2.58. The number of hydrogen-bond donors (Lipinski definition) is 0. The van der Waals surface area contributed by atoms with E-state index in [1.165, 1.54) is 43.2 Å². The molecule has 2 aliphatic rings. The van der Waals surface area contributed by atoms with Crippen LogP contribution in [0.1, 0.15) is 95.1 Å². The van der Waals surface area contributed by atoms with Crippen LogP contribution in [0.15, 0.2) is 18.2 Å². The van der Waals surface area contributed by atoms with Crippen LogP contribution < -0.4 is 4.74 Å². The zero-order chi connectivity index (χ0) is 17.9. The first kappa shape index (κ1) is 18.3. The molecule has 1 aliphatic carbocycles. The fraction of sp³-hybridized carbons (Fsp3) is 0.682. The number of ether oxygens (including phenoxy) is 2. The molecule has 3 nitrogen and oxygen atoms in total. The van der Waals surface area contributed by atoms with Gasteiger partial charge in [0.15, 0.2) is 0 Å². The van der Waals surface area contributed by atoms with Crippen LogP contribution in [0, 0.1) is 0 Å². The van der Waals surface area contributed by atoms with Gasteiger partial charge in [0.05, 0.1) is 6.61 Å². The van der Waals surface area contributed by atoms with Gasteiger partial charge in [-0.15, -0.1) is 0 Å². The average molecular weight is 344 g/mol. The minimum atomic E-state index is -0.403. The minimum absolute atomic E-state index is 0.0978. The molecule has 0 spiro atoms. The van der Waals surface area contributed by atoms with E-state index in [2.05, 4.69) is 18.2 Å². The van der Waals surface area contributed by atoms with Crippen LogP contribution in [0.4, 0.5) is 0 Å². The summed E-state index contributed by atoms with van der Waals surface area (Å²) in [7, 11) is 0. The third-order valence-corrected chi connectivity index (χ3v) is 5.39. The summed E-state index contributed by atoms with van der Waals surface area (Å²) >= 11 is 0. The number of rotatable bonds is 4. The molecule has 3 rings (SSSR count). The lowest BCUT2D eigenvalue weighted by Gasteiger charge is -2.28. The van der Waals surface area contributed by atoms with E-state index in [-0.39, 0.29) is 5.97 Å². The van der Waals surface area contributed by atoms with Crippen molar-refractivity contribution in [1.29, 1.82) is 0 Å².